The molecule has 0 saturated carbocycles. The first-order valence-corrected chi connectivity index (χ1v) is 14.4. The number of likely N-dealkylation sites (N-methyl/N-ethyl adjacent to an activating group) is 1. The number of rotatable bonds is 7. The Balaban J connectivity index is 1.33. The Morgan fingerprint density at radius 2 is 1.77 bits per heavy atom. The predicted octanol–water partition coefficient (Wildman–Crippen LogP) is 4.34. The van der Waals surface area contributed by atoms with Gasteiger partial charge in [-0.25, -0.2) is 4.98 Å². The van der Waals surface area contributed by atoms with Gasteiger partial charge in [-0.05, 0) is 74.0 Å². The van der Waals surface area contributed by atoms with Crippen molar-refractivity contribution in [2.45, 2.75) is 50.7 Å². The van der Waals surface area contributed by atoms with E-state index in [0.29, 0.717) is 19.8 Å². The lowest BCUT2D eigenvalue weighted by molar-refractivity contribution is -0.140. The van der Waals surface area contributed by atoms with Gasteiger partial charge in [0.2, 0.25) is 11.8 Å². The number of amides is 2. The average Bonchev–Trinajstić information content (AvgIpc) is 3.66. The molecule has 2 aromatic carbocycles. The molecule has 8 nitrogen and oxygen atoms in total. The Kier molecular flexibility index (Phi) is 7.54. The van der Waals surface area contributed by atoms with Gasteiger partial charge in [0.25, 0.3) is 0 Å². The fraction of sp³-hybridized carbons (Fsp3) is 0.406. The standard InChI is InChI=1S/C32H37N5O3/c1-21(33-2)31(38)35-29(23-14-18-40-19-15-23)32(39)37-17-7-13-28(37)27-20-36-16-6-12-26(30(36)34-27)25-11-5-9-22-8-3-4-10-24(22)25/h3-6,8-12,16,20-21,23,28-29,33H,7,13-15,17-19H2,1-2H3,(H,35,38)/t21-,28-,29-/m0/s1. The van der Waals surface area contributed by atoms with Gasteiger partial charge in [0, 0.05) is 37.7 Å². The smallest absolute Gasteiger partial charge is 0.246 e. The molecule has 0 radical (unpaired) electrons. The second-order valence-electron chi connectivity index (χ2n) is 11.0. The average molecular weight is 540 g/mol. The molecule has 4 aromatic rings. The second-order valence-corrected chi connectivity index (χ2v) is 11.0. The molecule has 0 aliphatic carbocycles. The Hall–Kier alpha value is -3.75. The van der Waals surface area contributed by atoms with Crippen molar-refractivity contribution in [1.29, 1.82) is 0 Å². The van der Waals surface area contributed by atoms with Crippen LogP contribution in [0.25, 0.3) is 27.5 Å². The number of pyridine rings is 1. The molecule has 2 amide bonds. The van der Waals surface area contributed by atoms with E-state index in [1.165, 1.54) is 10.8 Å². The van der Waals surface area contributed by atoms with Crippen molar-refractivity contribution in [3.8, 4) is 11.1 Å². The minimum absolute atomic E-state index is 0.0163. The number of nitrogens with zero attached hydrogens (tertiary/aromatic N) is 3. The Morgan fingerprint density at radius 3 is 2.60 bits per heavy atom. The van der Waals surface area contributed by atoms with E-state index in [0.717, 1.165) is 48.2 Å². The van der Waals surface area contributed by atoms with Crippen LogP contribution in [0.4, 0.5) is 0 Å². The zero-order chi connectivity index (χ0) is 27.6. The largest absolute Gasteiger partial charge is 0.381 e. The molecule has 2 aliphatic rings. The van der Waals surface area contributed by atoms with Crippen LogP contribution in [-0.4, -0.2) is 65.0 Å². The van der Waals surface area contributed by atoms with E-state index in [1.54, 1.807) is 7.05 Å². The molecular formula is C32H37N5O3. The normalized spacial score (nSPS) is 19.6. The van der Waals surface area contributed by atoms with Gasteiger partial charge in [0.05, 0.1) is 17.8 Å². The van der Waals surface area contributed by atoms with Gasteiger partial charge in [-0.2, -0.15) is 0 Å². The highest BCUT2D eigenvalue weighted by atomic mass is 16.5. The number of likely N-dealkylation sites (tertiary alicyclic amines) is 1. The maximum atomic E-state index is 14.1. The lowest BCUT2D eigenvalue weighted by Crippen LogP contribution is -2.56. The highest BCUT2D eigenvalue weighted by Gasteiger charge is 2.40. The van der Waals surface area contributed by atoms with Crippen LogP contribution in [0.3, 0.4) is 0 Å². The molecule has 0 unspecified atom stereocenters. The number of hydrogen-bond donors (Lipinski definition) is 2. The molecule has 2 saturated heterocycles. The molecule has 0 bridgehead atoms. The first-order valence-electron chi connectivity index (χ1n) is 14.4. The molecule has 4 heterocycles. The van der Waals surface area contributed by atoms with Crippen molar-refractivity contribution in [3.05, 3.63) is 72.7 Å². The molecule has 6 rings (SSSR count). The predicted molar refractivity (Wildman–Crippen MR) is 156 cm³/mol. The van der Waals surface area contributed by atoms with Gasteiger partial charge in [0.15, 0.2) is 0 Å². The van der Waals surface area contributed by atoms with Gasteiger partial charge in [-0.1, -0.05) is 42.5 Å². The number of nitrogens with one attached hydrogen (secondary N) is 2. The quantitative estimate of drug-likeness (QED) is 0.365. The molecule has 2 aromatic heterocycles. The molecular weight excluding hydrogens is 502 g/mol. The third-order valence-corrected chi connectivity index (χ3v) is 8.59. The van der Waals surface area contributed by atoms with Gasteiger partial charge in [0.1, 0.15) is 11.7 Å². The summed E-state index contributed by atoms with van der Waals surface area (Å²) in [6.07, 6.45) is 7.34. The fourth-order valence-electron chi connectivity index (χ4n) is 6.22. The number of imidazole rings is 1. The van der Waals surface area contributed by atoms with Gasteiger partial charge < -0.3 is 24.7 Å². The Labute approximate surface area is 234 Å². The number of carbonyl (C=O) groups is 2. The second kappa shape index (κ2) is 11.4. The van der Waals surface area contributed by atoms with E-state index in [9.17, 15) is 9.59 Å². The zero-order valence-corrected chi connectivity index (χ0v) is 23.2. The number of hydrogen-bond acceptors (Lipinski definition) is 5. The third kappa shape index (κ3) is 4.97. The molecule has 208 valence electrons. The van der Waals surface area contributed by atoms with Gasteiger partial charge in [-0.3, -0.25) is 9.59 Å². The highest BCUT2D eigenvalue weighted by Crippen LogP contribution is 2.36. The van der Waals surface area contributed by atoms with Crippen LogP contribution in [0, 0.1) is 5.92 Å². The number of fused-ring (bicyclic) bond motifs is 2. The van der Waals surface area contributed by atoms with Crippen LogP contribution in [0.5, 0.6) is 0 Å². The van der Waals surface area contributed by atoms with Crippen LogP contribution >= 0.6 is 0 Å². The molecule has 2 N–H and O–H groups in total. The maximum absolute atomic E-state index is 14.1. The Morgan fingerprint density at radius 1 is 1.00 bits per heavy atom. The summed E-state index contributed by atoms with van der Waals surface area (Å²) in [7, 11) is 1.75. The molecule has 2 aliphatic heterocycles. The minimum Gasteiger partial charge on any atom is -0.381 e. The van der Waals surface area contributed by atoms with E-state index in [4.69, 9.17) is 9.72 Å². The highest BCUT2D eigenvalue weighted by molar-refractivity contribution is 5.99. The van der Waals surface area contributed by atoms with Crippen LogP contribution in [0.15, 0.2) is 67.0 Å². The van der Waals surface area contributed by atoms with Crippen molar-refractivity contribution in [2.75, 3.05) is 26.8 Å². The summed E-state index contributed by atoms with van der Waals surface area (Å²) in [5.74, 6) is -0.123. The number of benzene rings is 2. The van der Waals surface area contributed by atoms with Gasteiger partial charge >= 0.3 is 0 Å². The summed E-state index contributed by atoms with van der Waals surface area (Å²) in [4.78, 5) is 34.1. The van der Waals surface area contributed by atoms with Crippen molar-refractivity contribution < 1.29 is 14.3 Å². The summed E-state index contributed by atoms with van der Waals surface area (Å²) in [5, 5.41) is 8.45. The first-order chi connectivity index (χ1) is 19.5. The van der Waals surface area contributed by atoms with E-state index < -0.39 is 6.04 Å². The number of aromatic nitrogens is 2. The number of ether oxygens (including phenoxy) is 1. The van der Waals surface area contributed by atoms with Crippen LogP contribution in [-0.2, 0) is 14.3 Å². The summed E-state index contributed by atoms with van der Waals surface area (Å²) in [6.45, 7) is 3.69. The zero-order valence-electron chi connectivity index (χ0n) is 23.2. The SMILES string of the molecule is CN[C@@H](C)C(=O)N[C@H](C(=O)N1CCC[C@H]1c1cn2cccc(-c3cccc4ccccc34)c2n1)C1CCOCC1. The minimum atomic E-state index is -0.573. The molecule has 8 heteroatoms. The Bertz CT molecular complexity index is 1520. The van der Waals surface area contributed by atoms with E-state index in [2.05, 4.69) is 69.8 Å². The van der Waals surface area contributed by atoms with Crippen molar-refractivity contribution in [1.82, 2.24) is 24.9 Å². The molecule has 0 spiro atoms. The summed E-state index contributed by atoms with van der Waals surface area (Å²) in [5.41, 5.74) is 3.97. The monoisotopic (exact) mass is 539 g/mol. The van der Waals surface area contributed by atoms with Crippen LogP contribution in [0.1, 0.15) is 44.3 Å². The molecule has 2 fully saturated rings. The third-order valence-electron chi connectivity index (χ3n) is 8.59. The topological polar surface area (TPSA) is 88.0 Å². The lowest BCUT2D eigenvalue weighted by Gasteiger charge is -2.35. The number of carbonyl (C=O) groups excluding carboxylic acids is 2. The fourth-order valence-corrected chi connectivity index (χ4v) is 6.22. The van der Waals surface area contributed by atoms with Crippen molar-refractivity contribution >= 4 is 28.2 Å². The van der Waals surface area contributed by atoms with Crippen molar-refractivity contribution in [2.24, 2.45) is 5.92 Å². The summed E-state index contributed by atoms with van der Waals surface area (Å²) < 4.78 is 7.63. The van der Waals surface area contributed by atoms with E-state index in [-0.39, 0.29) is 29.8 Å². The molecule has 3 atom stereocenters. The summed E-state index contributed by atoms with van der Waals surface area (Å²) in [6, 6.07) is 17.8. The summed E-state index contributed by atoms with van der Waals surface area (Å²) >= 11 is 0. The lowest BCUT2D eigenvalue weighted by atomic mass is 9.90. The first kappa shape index (κ1) is 26.5. The van der Waals surface area contributed by atoms with E-state index >= 15 is 0 Å². The van der Waals surface area contributed by atoms with Crippen LogP contribution in [0.2, 0.25) is 0 Å². The van der Waals surface area contributed by atoms with Crippen molar-refractivity contribution in [3.63, 3.8) is 0 Å². The van der Waals surface area contributed by atoms with Crippen LogP contribution < -0.4 is 10.6 Å². The maximum Gasteiger partial charge on any atom is 0.246 e. The van der Waals surface area contributed by atoms with E-state index in [1.807, 2.05) is 24.1 Å². The van der Waals surface area contributed by atoms with Gasteiger partial charge in [-0.15, -0.1) is 0 Å². The molecule has 40 heavy (non-hydrogen) atoms.